The summed E-state index contributed by atoms with van der Waals surface area (Å²) in [7, 11) is 0. The van der Waals surface area contributed by atoms with Crippen LogP contribution in [0.2, 0.25) is 0 Å². The minimum atomic E-state index is -0.144. The highest BCUT2D eigenvalue weighted by atomic mass is 19.1. The lowest BCUT2D eigenvalue weighted by atomic mass is 10.2. The Bertz CT molecular complexity index is 279. The van der Waals surface area contributed by atoms with Crippen molar-refractivity contribution in [3.8, 4) is 0 Å². The van der Waals surface area contributed by atoms with Gasteiger partial charge in [0.25, 0.3) is 0 Å². The van der Waals surface area contributed by atoms with Crippen LogP contribution in [0.25, 0.3) is 0 Å². The lowest BCUT2D eigenvalue weighted by Gasteiger charge is -2.13. The van der Waals surface area contributed by atoms with Crippen LogP contribution >= 0.6 is 0 Å². The molecule has 1 nitrogen and oxygen atoms in total. The summed E-state index contributed by atoms with van der Waals surface area (Å²) in [6.07, 6.45) is 4.89. The minimum Gasteiger partial charge on any atom is -0.380 e. The number of halogens is 1. The Hall–Kier alpha value is -1.05. The molecule has 70 valence electrons. The summed E-state index contributed by atoms with van der Waals surface area (Å²) in [6.45, 7) is 0. The van der Waals surface area contributed by atoms with Crippen LogP contribution in [0.3, 0.4) is 0 Å². The number of nitrogens with one attached hydrogen (secondary N) is 1. The zero-order chi connectivity index (χ0) is 9.10. The highest BCUT2D eigenvalue weighted by Crippen LogP contribution is 2.23. The second-order valence-electron chi connectivity index (χ2n) is 3.61. The van der Waals surface area contributed by atoms with Crippen molar-refractivity contribution in [1.82, 2.24) is 0 Å². The third-order valence-electron chi connectivity index (χ3n) is 2.59. The van der Waals surface area contributed by atoms with E-state index in [2.05, 4.69) is 5.32 Å². The van der Waals surface area contributed by atoms with Gasteiger partial charge in [0.05, 0.1) is 5.69 Å². The molecule has 0 amide bonds. The van der Waals surface area contributed by atoms with Crippen LogP contribution in [0, 0.1) is 5.82 Å². The molecule has 2 heteroatoms. The van der Waals surface area contributed by atoms with Crippen molar-refractivity contribution in [3.05, 3.63) is 30.1 Å². The maximum atomic E-state index is 13.2. The average molecular weight is 179 g/mol. The van der Waals surface area contributed by atoms with Gasteiger partial charge in [-0.1, -0.05) is 25.0 Å². The molecule has 0 atom stereocenters. The van der Waals surface area contributed by atoms with Crippen molar-refractivity contribution in [2.24, 2.45) is 0 Å². The number of hydrogen-bond acceptors (Lipinski definition) is 1. The average Bonchev–Trinajstić information content (AvgIpc) is 2.61. The standard InChI is InChI=1S/C11H14FN/c12-10-7-3-4-8-11(10)13-9-5-1-2-6-9/h3-4,7-9,13H,1-2,5-6H2. The van der Waals surface area contributed by atoms with Gasteiger partial charge in [-0.05, 0) is 25.0 Å². The maximum absolute atomic E-state index is 13.2. The van der Waals surface area contributed by atoms with Gasteiger partial charge in [0.2, 0.25) is 0 Å². The Balaban J connectivity index is 2.04. The third kappa shape index (κ3) is 2.00. The number of para-hydroxylation sites is 1. The van der Waals surface area contributed by atoms with Crippen molar-refractivity contribution < 1.29 is 4.39 Å². The van der Waals surface area contributed by atoms with Gasteiger partial charge in [0.1, 0.15) is 5.82 Å². The Labute approximate surface area is 78.0 Å². The molecule has 13 heavy (non-hydrogen) atoms. The smallest absolute Gasteiger partial charge is 0.146 e. The molecule has 0 unspecified atom stereocenters. The monoisotopic (exact) mass is 179 g/mol. The molecule has 0 aromatic heterocycles. The second kappa shape index (κ2) is 3.77. The van der Waals surface area contributed by atoms with Crippen LogP contribution < -0.4 is 5.32 Å². The normalized spacial score (nSPS) is 17.6. The van der Waals surface area contributed by atoms with Gasteiger partial charge in [-0.3, -0.25) is 0 Å². The van der Waals surface area contributed by atoms with Gasteiger partial charge < -0.3 is 5.32 Å². The summed E-state index contributed by atoms with van der Waals surface area (Å²) < 4.78 is 13.2. The molecule has 0 heterocycles. The third-order valence-corrected chi connectivity index (χ3v) is 2.59. The molecule has 2 rings (SSSR count). The molecule has 1 saturated carbocycles. The van der Waals surface area contributed by atoms with Crippen LogP contribution in [0.5, 0.6) is 0 Å². The van der Waals surface area contributed by atoms with Crippen LogP contribution in [0.15, 0.2) is 24.3 Å². The largest absolute Gasteiger partial charge is 0.380 e. The second-order valence-corrected chi connectivity index (χ2v) is 3.61. The zero-order valence-electron chi connectivity index (χ0n) is 7.59. The molecule has 1 N–H and O–H groups in total. The quantitative estimate of drug-likeness (QED) is 0.735. The lowest BCUT2D eigenvalue weighted by Crippen LogP contribution is -2.15. The molecule has 0 radical (unpaired) electrons. The van der Waals surface area contributed by atoms with E-state index in [9.17, 15) is 4.39 Å². The molecule has 1 aliphatic rings. The molecule has 1 fully saturated rings. The Morgan fingerprint density at radius 2 is 1.85 bits per heavy atom. The molecule has 0 spiro atoms. The first-order chi connectivity index (χ1) is 6.36. The van der Waals surface area contributed by atoms with E-state index in [0.29, 0.717) is 11.7 Å². The van der Waals surface area contributed by atoms with Crippen molar-refractivity contribution in [1.29, 1.82) is 0 Å². The van der Waals surface area contributed by atoms with Gasteiger partial charge in [-0.25, -0.2) is 4.39 Å². The molecule has 1 aromatic rings. The molecule has 0 bridgehead atoms. The van der Waals surface area contributed by atoms with Gasteiger partial charge in [0, 0.05) is 6.04 Å². The lowest BCUT2D eigenvalue weighted by molar-refractivity contribution is 0.624. The first-order valence-corrected chi connectivity index (χ1v) is 4.87. The van der Waals surface area contributed by atoms with E-state index in [0.717, 1.165) is 0 Å². The predicted octanol–water partition coefficient (Wildman–Crippen LogP) is 3.18. The first-order valence-electron chi connectivity index (χ1n) is 4.87. The molecule has 1 aromatic carbocycles. The molecular weight excluding hydrogens is 165 g/mol. The number of hydrogen-bond donors (Lipinski definition) is 1. The van der Waals surface area contributed by atoms with E-state index in [1.807, 2.05) is 6.07 Å². The van der Waals surface area contributed by atoms with Crippen molar-refractivity contribution >= 4 is 5.69 Å². The van der Waals surface area contributed by atoms with Crippen molar-refractivity contribution in [2.45, 2.75) is 31.7 Å². The summed E-state index contributed by atoms with van der Waals surface area (Å²) in [5.41, 5.74) is 0.648. The first kappa shape index (κ1) is 8.54. The Morgan fingerprint density at radius 3 is 2.54 bits per heavy atom. The molecule has 0 aliphatic heterocycles. The van der Waals surface area contributed by atoms with E-state index < -0.39 is 0 Å². The van der Waals surface area contributed by atoms with Crippen LogP contribution in [0.4, 0.5) is 10.1 Å². The maximum Gasteiger partial charge on any atom is 0.146 e. The zero-order valence-corrected chi connectivity index (χ0v) is 7.59. The number of anilines is 1. The van der Waals surface area contributed by atoms with E-state index in [1.54, 1.807) is 12.1 Å². The van der Waals surface area contributed by atoms with Gasteiger partial charge in [0.15, 0.2) is 0 Å². The summed E-state index contributed by atoms with van der Waals surface area (Å²) in [6, 6.07) is 7.36. The van der Waals surface area contributed by atoms with E-state index in [-0.39, 0.29) is 5.82 Å². The van der Waals surface area contributed by atoms with Crippen LogP contribution in [0.1, 0.15) is 25.7 Å². The fourth-order valence-corrected chi connectivity index (χ4v) is 1.87. The van der Waals surface area contributed by atoms with Crippen LogP contribution in [-0.4, -0.2) is 6.04 Å². The molecule has 0 saturated heterocycles. The number of rotatable bonds is 2. The van der Waals surface area contributed by atoms with Gasteiger partial charge >= 0.3 is 0 Å². The van der Waals surface area contributed by atoms with Crippen LogP contribution in [-0.2, 0) is 0 Å². The fourth-order valence-electron chi connectivity index (χ4n) is 1.87. The van der Waals surface area contributed by atoms with Gasteiger partial charge in [-0.15, -0.1) is 0 Å². The summed E-state index contributed by atoms with van der Waals surface area (Å²) >= 11 is 0. The highest BCUT2D eigenvalue weighted by Gasteiger charge is 2.15. The van der Waals surface area contributed by atoms with Gasteiger partial charge in [-0.2, -0.15) is 0 Å². The van der Waals surface area contributed by atoms with Crippen molar-refractivity contribution in [2.75, 3.05) is 5.32 Å². The summed E-state index contributed by atoms with van der Waals surface area (Å²) in [4.78, 5) is 0. The Kier molecular flexibility index (Phi) is 2.48. The van der Waals surface area contributed by atoms with E-state index >= 15 is 0 Å². The van der Waals surface area contributed by atoms with Crippen molar-refractivity contribution in [3.63, 3.8) is 0 Å². The number of benzene rings is 1. The highest BCUT2D eigenvalue weighted by molar-refractivity contribution is 5.45. The van der Waals surface area contributed by atoms with E-state index in [4.69, 9.17) is 0 Å². The SMILES string of the molecule is Fc1ccccc1NC1CCCC1. The summed E-state index contributed by atoms with van der Waals surface area (Å²) in [5.74, 6) is -0.144. The molecular formula is C11H14FN. The predicted molar refractivity (Wildman–Crippen MR) is 52.3 cm³/mol. The Morgan fingerprint density at radius 1 is 1.15 bits per heavy atom. The molecule has 1 aliphatic carbocycles. The minimum absolute atomic E-state index is 0.144. The topological polar surface area (TPSA) is 12.0 Å². The fraction of sp³-hybridized carbons (Fsp3) is 0.455. The summed E-state index contributed by atoms with van der Waals surface area (Å²) in [5, 5.41) is 3.23. The van der Waals surface area contributed by atoms with E-state index in [1.165, 1.54) is 31.7 Å².